The molecule has 3 aliphatic rings. The molecular weight excluding hydrogens is 325 g/mol. The lowest BCUT2D eigenvalue weighted by atomic mass is 9.96. The van der Waals surface area contributed by atoms with Crippen LogP contribution in [-0.4, -0.2) is 65.7 Å². The molecule has 5 nitrogen and oxygen atoms in total. The number of halogens is 1. The summed E-state index contributed by atoms with van der Waals surface area (Å²) in [6.07, 6.45) is 1.81. The molecular formula is C19H24FNO4. The van der Waals surface area contributed by atoms with Gasteiger partial charge in [-0.15, -0.1) is 0 Å². The maximum absolute atomic E-state index is 15.0. The summed E-state index contributed by atoms with van der Waals surface area (Å²) in [5, 5.41) is 9.47. The topological polar surface area (TPSA) is 62.3 Å². The summed E-state index contributed by atoms with van der Waals surface area (Å²) >= 11 is 0. The minimum Gasteiger partial charge on any atom is -0.460 e. The van der Waals surface area contributed by atoms with Gasteiger partial charge in [0.05, 0.1) is 6.61 Å². The molecule has 4 rings (SSSR count). The lowest BCUT2D eigenvalue weighted by Crippen LogP contribution is -2.50. The summed E-state index contributed by atoms with van der Waals surface area (Å²) in [6, 6.07) is 9.87. The second kappa shape index (κ2) is 6.34. The van der Waals surface area contributed by atoms with Crippen LogP contribution in [0.3, 0.4) is 0 Å². The van der Waals surface area contributed by atoms with Crippen LogP contribution in [0.4, 0.5) is 4.39 Å². The Bertz CT molecular complexity index is 624. The maximum Gasteiger partial charge on any atom is 0.346 e. The molecule has 3 saturated heterocycles. The first kappa shape index (κ1) is 16.9. The number of likely N-dealkylation sites (N-methyl/N-ethyl adjacent to an activating group) is 1. The van der Waals surface area contributed by atoms with Crippen LogP contribution in [0.25, 0.3) is 0 Å². The van der Waals surface area contributed by atoms with Gasteiger partial charge in [0.15, 0.2) is 0 Å². The number of nitrogens with zero attached hydrogens (tertiary/aromatic N) is 1. The van der Waals surface area contributed by atoms with Crippen molar-refractivity contribution in [1.29, 1.82) is 0 Å². The number of piperidine rings is 1. The molecule has 136 valence electrons. The summed E-state index contributed by atoms with van der Waals surface area (Å²) in [7, 11) is 2.07. The van der Waals surface area contributed by atoms with Crippen LogP contribution in [0.1, 0.15) is 24.8 Å². The predicted molar refractivity (Wildman–Crippen MR) is 88.8 cm³/mol. The number of benzene rings is 1. The zero-order valence-corrected chi connectivity index (χ0v) is 14.3. The highest BCUT2D eigenvalue weighted by molar-refractivity contribution is 5.79. The smallest absolute Gasteiger partial charge is 0.346 e. The lowest BCUT2D eigenvalue weighted by Gasteiger charge is -2.38. The molecule has 3 aliphatic heterocycles. The molecule has 1 N–H and O–H groups in total. The number of rotatable bonds is 6. The van der Waals surface area contributed by atoms with Gasteiger partial charge in [-0.25, -0.2) is 9.18 Å². The predicted octanol–water partition coefficient (Wildman–Crippen LogP) is 1.48. The summed E-state index contributed by atoms with van der Waals surface area (Å²) in [6.45, 7) is -0.855. The van der Waals surface area contributed by atoms with Crippen molar-refractivity contribution in [3.8, 4) is 0 Å². The molecule has 6 atom stereocenters. The van der Waals surface area contributed by atoms with Crippen molar-refractivity contribution in [2.75, 3.05) is 13.7 Å². The van der Waals surface area contributed by atoms with E-state index in [0.29, 0.717) is 19.3 Å². The van der Waals surface area contributed by atoms with E-state index in [1.165, 1.54) is 0 Å². The third-order valence-corrected chi connectivity index (χ3v) is 5.92. The first-order valence-corrected chi connectivity index (χ1v) is 8.94. The highest BCUT2D eigenvalue weighted by Crippen LogP contribution is 2.48. The average Bonchev–Trinajstić information content (AvgIpc) is 3.38. The van der Waals surface area contributed by atoms with Crippen LogP contribution >= 0.6 is 0 Å². The van der Waals surface area contributed by atoms with Gasteiger partial charge < -0.3 is 14.6 Å². The van der Waals surface area contributed by atoms with Crippen molar-refractivity contribution in [2.24, 2.45) is 0 Å². The van der Waals surface area contributed by atoms with Gasteiger partial charge in [-0.1, -0.05) is 30.3 Å². The molecule has 0 amide bonds. The average molecular weight is 349 g/mol. The van der Waals surface area contributed by atoms with Crippen LogP contribution < -0.4 is 0 Å². The number of aliphatic hydroxyl groups excluding tert-OH is 1. The van der Waals surface area contributed by atoms with E-state index in [-0.39, 0.29) is 36.8 Å². The van der Waals surface area contributed by atoms with Gasteiger partial charge in [0.25, 0.3) is 0 Å². The SMILES string of the molecule is CN1[C@@H]2CC(OC(=O)C(F)(CO)CCc3ccccc3)C[C@H]1[C@@H]1O[C@@H]12. The van der Waals surface area contributed by atoms with Crippen LogP contribution in [0.15, 0.2) is 30.3 Å². The Morgan fingerprint density at radius 3 is 2.56 bits per heavy atom. The number of hydrogen-bond acceptors (Lipinski definition) is 5. The Morgan fingerprint density at radius 1 is 1.32 bits per heavy atom. The fraction of sp³-hybridized carbons (Fsp3) is 0.632. The molecule has 2 unspecified atom stereocenters. The molecule has 25 heavy (non-hydrogen) atoms. The van der Waals surface area contributed by atoms with Gasteiger partial charge in [-0.3, -0.25) is 4.90 Å². The molecule has 1 aromatic carbocycles. The fourth-order valence-electron chi connectivity index (χ4n) is 4.29. The molecule has 0 aromatic heterocycles. The number of carbonyl (C=O) groups is 1. The maximum atomic E-state index is 15.0. The van der Waals surface area contributed by atoms with Crippen molar-refractivity contribution in [2.45, 2.75) is 61.7 Å². The Hall–Kier alpha value is -1.50. The minimum atomic E-state index is -2.35. The van der Waals surface area contributed by atoms with Crippen molar-refractivity contribution in [3.05, 3.63) is 35.9 Å². The van der Waals surface area contributed by atoms with Gasteiger partial charge in [-0.2, -0.15) is 0 Å². The van der Waals surface area contributed by atoms with E-state index in [1.807, 2.05) is 30.3 Å². The number of epoxide rings is 1. The van der Waals surface area contributed by atoms with Crippen molar-refractivity contribution in [1.82, 2.24) is 4.90 Å². The van der Waals surface area contributed by atoms with Crippen LogP contribution in [-0.2, 0) is 20.7 Å². The summed E-state index contributed by atoms with van der Waals surface area (Å²) in [5.74, 6) is -0.936. The molecule has 1 aromatic rings. The standard InChI is InChI=1S/C19H24FNO4/c1-21-14-9-13(10-15(21)17-16(14)25-17)24-18(23)19(20,11-22)8-7-12-5-3-2-4-6-12/h2-6,13-17,22H,7-11H2,1H3/t13?,14-,15+,16-,17+,19?. The number of aryl methyl sites for hydroxylation is 1. The molecule has 0 aliphatic carbocycles. The highest BCUT2D eigenvalue weighted by atomic mass is 19.1. The molecule has 2 bridgehead atoms. The Morgan fingerprint density at radius 2 is 1.96 bits per heavy atom. The second-order valence-corrected chi connectivity index (χ2v) is 7.47. The molecule has 3 heterocycles. The Kier molecular flexibility index (Phi) is 4.30. The number of fused-ring (bicyclic) bond motifs is 5. The normalized spacial score (nSPS) is 35.7. The molecule has 0 saturated carbocycles. The van der Waals surface area contributed by atoms with Crippen molar-refractivity contribution in [3.63, 3.8) is 0 Å². The number of morpholine rings is 1. The molecule has 0 spiro atoms. The molecule has 0 radical (unpaired) electrons. The van der Waals surface area contributed by atoms with Gasteiger partial charge >= 0.3 is 5.97 Å². The zero-order valence-electron chi connectivity index (χ0n) is 14.3. The molecule has 3 fully saturated rings. The first-order chi connectivity index (χ1) is 12.0. The second-order valence-electron chi connectivity index (χ2n) is 7.47. The lowest BCUT2D eigenvalue weighted by molar-refractivity contribution is -0.171. The van der Waals surface area contributed by atoms with E-state index in [4.69, 9.17) is 9.47 Å². The number of alkyl halides is 1. The van der Waals surface area contributed by atoms with Crippen LogP contribution in [0.5, 0.6) is 0 Å². The van der Waals surface area contributed by atoms with Crippen molar-refractivity contribution >= 4 is 5.97 Å². The fourth-order valence-corrected chi connectivity index (χ4v) is 4.29. The zero-order chi connectivity index (χ0) is 17.6. The third-order valence-electron chi connectivity index (χ3n) is 5.92. The van der Waals surface area contributed by atoms with Gasteiger partial charge in [0.2, 0.25) is 5.67 Å². The minimum absolute atomic E-state index is 0.0831. The summed E-state index contributed by atoms with van der Waals surface area (Å²) in [5.41, 5.74) is -1.42. The van der Waals surface area contributed by atoms with Gasteiger partial charge in [0, 0.05) is 24.9 Å². The van der Waals surface area contributed by atoms with E-state index >= 15 is 0 Å². The van der Waals surface area contributed by atoms with Gasteiger partial charge in [-0.05, 0) is 25.5 Å². The Balaban J connectivity index is 1.35. The summed E-state index contributed by atoms with van der Waals surface area (Å²) < 4.78 is 26.1. The third kappa shape index (κ3) is 3.07. The highest BCUT2D eigenvalue weighted by Gasteiger charge is 2.63. The van der Waals surface area contributed by atoms with E-state index in [1.54, 1.807) is 0 Å². The molecule has 6 heteroatoms. The quantitative estimate of drug-likeness (QED) is 0.623. The van der Waals surface area contributed by atoms with Crippen LogP contribution in [0.2, 0.25) is 0 Å². The monoisotopic (exact) mass is 349 g/mol. The van der Waals surface area contributed by atoms with E-state index in [0.717, 1.165) is 5.56 Å². The summed E-state index contributed by atoms with van der Waals surface area (Å²) in [4.78, 5) is 14.7. The number of ether oxygens (including phenoxy) is 2. The number of esters is 1. The van der Waals surface area contributed by atoms with Crippen LogP contribution in [0, 0.1) is 0 Å². The van der Waals surface area contributed by atoms with E-state index in [9.17, 15) is 14.3 Å². The Labute approximate surface area is 146 Å². The number of hydrogen-bond donors (Lipinski definition) is 1. The largest absolute Gasteiger partial charge is 0.460 e. The van der Waals surface area contributed by atoms with E-state index < -0.39 is 18.2 Å². The first-order valence-electron chi connectivity index (χ1n) is 8.94. The van der Waals surface area contributed by atoms with E-state index in [2.05, 4.69) is 11.9 Å². The number of aliphatic hydroxyl groups is 1. The number of carbonyl (C=O) groups excluding carboxylic acids is 1. The van der Waals surface area contributed by atoms with Crippen molar-refractivity contribution < 1.29 is 23.8 Å². The van der Waals surface area contributed by atoms with Gasteiger partial charge in [0.1, 0.15) is 18.3 Å².